The quantitative estimate of drug-likeness (QED) is 0.740. The molecule has 1 aliphatic carbocycles. The fourth-order valence-corrected chi connectivity index (χ4v) is 2.15. The number of benzene rings is 1. The van der Waals surface area contributed by atoms with Gasteiger partial charge in [-0.25, -0.2) is 0 Å². The Bertz CT molecular complexity index is 329. The summed E-state index contributed by atoms with van der Waals surface area (Å²) in [5, 5.41) is 3.50. The van der Waals surface area contributed by atoms with Gasteiger partial charge in [0.1, 0.15) is 0 Å². The van der Waals surface area contributed by atoms with E-state index in [0.717, 1.165) is 18.8 Å². The van der Waals surface area contributed by atoms with Crippen LogP contribution in [0.5, 0.6) is 0 Å². The molecular formula is C13H20N2. The molecule has 1 saturated carbocycles. The lowest BCUT2D eigenvalue weighted by atomic mass is 9.70. The Morgan fingerprint density at radius 2 is 2.07 bits per heavy atom. The summed E-state index contributed by atoms with van der Waals surface area (Å²) in [7, 11) is 0. The standard InChI is InChI=1S/C13H20N2/c1-13(7-4-8-13)10-15-9-11-5-2-3-6-12(11)14/h2-3,5-6,15H,4,7-10,14H2,1H3. The molecule has 0 radical (unpaired) electrons. The average molecular weight is 204 g/mol. The van der Waals surface area contributed by atoms with Gasteiger partial charge in [0.2, 0.25) is 0 Å². The third-order valence-electron chi connectivity index (χ3n) is 3.48. The minimum absolute atomic E-state index is 0.545. The molecule has 0 bridgehead atoms. The fraction of sp³-hybridized carbons (Fsp3) is 0.538. The monoisotopic (exact) mass is 204 g/mol. The first-order valence-electron chi connectivity index (χ1n) is 5.74. The molecule has 0 aromatic heterocycles. The molecule has 0 aliphatic heterocycles. The third kappa shape index (κ3) is 2.51. The van der Waals surface area contributed by atoms with E-state index in [0.29, 0.717) is 5.41 Å². The third-order valence-corrected chi connectivity index (χ3v) is 3.48. The summed E-state index contributed by atoms with van der Waals surface area (Å²) in [6.07, 6.45) is 4.13. The van der Waals surface area contributed by atoms with E-state index >= 15 is 0 Å². The molecule has 2 nitrogen and oxygen atoms in total. The molecule has 0 atom stereocenters. The van der Waals surface area contributed by atoms with Gasteiger partial charge in [-0.1, -0.05) is 31.5 Å². The lowest BCUT2D eigenvalue weighted by molar-refractivity contribution is 0.156. The van der Waals surface area contributed by atoms with Crippen molar-refractivity contribution in [2.24, 2.45) is 5.41 Å². The van der Waals surface area contributed by atoms with Crippen LogP contribution >= 0.6 is 0 Å². The van der Waals surface area contributed by atoms with Crippen LogP contribution in [0.25, 0.3) is 0 Å². The molecule has 1 aromatic carbocycles. The molecule has 1 aliphatic rings. The minimum atomic E-state index is 0.545. The van der Waals surface area contributed by atoms with E-state index in [2.05, 4.69) is 18.3 Å². The SMILES string of the molecule is CC1(CNCc2ccccc2N)CCC1. The molecular weight excluding hydrogens is 184 g/mol. The molecule has 0 saturated heterocycles. The van der Waals surface area contributed by atoms with Crippen molar-refractivity contribution in [2.75, 3.05) is 12.3 Å². The normalized spacial score (nSPS) is 18.5. The number of para-hydroxylation sites is 1. The molecule has 2 rings (SSSR count). The zero-order valence-corrected chi connectivity index (χ0v) is 9.42. The summed E-state index contributed by atoms with van der Waals surface area (Å²) >= 11 is 0. The van der Waals surface area contributed by atoms with Crippen molar-refractivity contribution in [3.8, 4) is 0 Å². The maximum Gasteiger partial charge on any atom is 0.0359 e. The summed E-state index contributed by atoms with van der Waals surface area (Å²) in [6, 6.07) is 8.07. The van der Waals surface area contributed by atoms with Crippen LogP contribution in [-0.4, -0.2) is 6.54 Å². The van der Waals surface area contributed by atoms with Crippen LogP contribution in [0, 0.1) is 5.41 Å². The molecule has 0 spiro atoms. The van der Waals surface area contributed by atoms with Crippen LogP contribution < -0.4 is 11.1 Å². The Balaban J connectivity index is 1.81. The highest BCUT2D eigenvalue weighted by Crippen LogP contribution is 2.39. The highest BCUT2D eigenvalue weighted by molar-refractivity contribution is 5.46. The average Bonchev–Trinajstić information content (AvgIpc) is 2.18. The first-order valence-corrected chi connectivity index (χ1v) is 5.74. The van der Waals surface area contributed by atoms with Crippen molar-refractivity contribution in [1.82, 2.24) is 5.32 Å². The Hall–Kier alpha value is -1.02. The number of hydrogen-bond donors (Lipinski definition) is 2. The van der Waals surface area contributed by atoms with Crippen LogP contribution in [0.2, 0.25) is 0 Å². The van der Waals surface area contributed by atoms with Gasteiger partial charge in [-0.05, 0) is 29.9 Å². The summed E-state index contributed by atoms with van der Waals surface area (Å²) in [5.74, 6) is 0. The van der Waals surface area contributed by atoms with E-state index in [4.69, 9.17) is 5.73 Å². The second-order valence-electron chi connectivity index (χ2n) is 4.97. The lowest BCUT2D eigenvalue weighted by Crippen LogP contribution is -2.37. The molecule has 0 amide bonds. The zero-order valence-electron chi connectivity index (χ0n) is 9.42. The van der Waals surface area contributed by atoms with Gasteiger partial charge in [0.15, 0.2) is 0 Å². The van der Waals surface area contributed by atoms with Gasteiger partial charge in [0.05, 0.1) is 0 Å². The smallest absolute Gasteiger partial charge is 0.0359 e. The van der Waals surface area contributed by atoms with E-state index in [1.807, 2.05) is 18.2 Å². The Labute approximate surface area is 91.9 Å². The second-order valence-corrected chi connectivity index (χ2v) is 4.97. The van der Waals surface area contributed by atoms with Crippen molar-refractivity contribution in [3.05, 3.63) is 29.8 Å². The van der Waals surface area contributed by atoms with E-state index in [-0.39, 0.29) is 0 Å². The molecule has 82 valence electrons. The molecule has 1 fully saturated rings. The molecule has 1 aromatic rings. The lowest BCUT2D eigenvalue weighted by Gasteiger charge is -2.38. The topological polar surface area (TPSA) is 38.0 Å². The first kappa shape index (κ1) is 10.5. The Morgan fingerprint density at radius 1 is 1.33 bits per heavy atom. The first-order chi connectivity index (χ1) is 7.20. The maximum absolute atomic E-state index is 5.88. The number of nitrogen functional groups attached to an aromatic ring is 1. The molecule has 0 unspecified atom stereocenters. The van der Waals surface area contributed by atoms with Crippen molar-refractivity contribution in [1.29, 1.82) is 0 Å². The van der Waals surface area contributed by atoms with Crippen LogP contribution in [0.4, 0.5) is 5.69 Å². The number of rotatable bonds is 4. The number of anilines is 1. The second kappa shape index (κ2) is 4.23. The largest absolute Gasteiger partial charge is 0.398 e. The van der Waals surface area contributed by atoms with Gasteiger partial charge in [-0.3, -0.25) is 0 Å². The summed E-state index contributed by atoms with van der Waals surface area (Å²) in [5.41, 5.74) is 8.52. The van der Waals surface area contributed by atoms with Gasteiger partial charge in [0, 0.05) is 18.8 Å². The summed E-state index contributed by atoms with van der Waals surface area (Å²) in [4.78, 5) is 0. The van der Waals surface area contributed by atoms with Gasteiger partial charge >= 0.3 is 0 Å². The predicted molar refractivity (Wildman–Crippen MR) is 64.5 cm³/mol. The number of nitrogens with one attached hydrogen (secondary N) is 1. The van der Waals surface area contributed by atoms with E-state index < -0.39 is 0 Å². The molecule has 15 heavy (non-hydrogen) atoms. The predicted octanol–water partition coefficient (Wildman–Crippen LogP) is 2.55. The van der Waals surface area contributed by atoms with Crippen LogP contribution in [0.15, 0.2) is 24.3 Å². The van der Waals surface area contributed by atoms with Crippen molar-refractivity contribution < 1.29 is 0 Å². The van der Waals surface area contributed by atoms with Crippen molar-refractivity contribution >= 4 is 5.69 Å². The van der Waals surface area contributed by atoms with Crippen LogP contribution in [0.3, 0.4) is 0 Å². The fourth-order valence-electron chi connectivity index (χ4n) is 2.15. The van der Waals surface area contributed by atoms with Gasteiger partial charge in [-0.2, -0.15) is 0 Å². The van der Waals surface area contributed by atoms with Gasteiger partial charge in [-0.15, -0.1) is 0 Å². The Kier molecular flexibility index (Phi) is 2.96. The summed E-state index contributed by atoms with van der Waals surface area (Å²) in [6.45, 7) is 4.36. The zero-order chi connectivity index (χ0) is 10.7. The van der Waals surface area contributed by atoms with Gasteiger partial charge in [0.25, 0.3) is 0 Å². The van der Waals surface area contributed by atoms with E-state index in [9.17, 15) is 0 Å². The minimum Gasteiger partial charge on any atom is -0.398 e. The number of nitrogens with two attached hydrogens (primary N) is 1. The van der Waals surface area contributed by atoms with E-state index in [1.54, 1.807) is 0 Å². The Morgan fingerprint density at radius 3 is 2.67 bits per heavy atom. The highest BCUT2D eigenvalue weighted by Gasteiger charge is 2.30. The number of hydrogen-bond acceptors (Lipinski definition) is 2. The van der Waals surface area contributed by atoms with E-state index in [1.165, 1.54) is 24.8 Å². The summed E-state index contributed by atoms with van der Waals surface area (Å²) < 4.78 is 0. The molecule has 0 heterocycles. The van der Waals surface area contributed by atoms with Crippen molar-refractivity contribution in [3.63, 3.8) is 0 Å². The maximum atomic E-state index is 5.88. The van der Waals surface area contributed by atoms with Crippen LogP contribution in [-0.2, 0) is 6.54 Å². The van der Waals surface area contributed by atoms with Gasteiger partial charge < -0.3 is 11.1 Å². The highest BCUT2D eigenvalue weighted by atomic mass is 14.9. The van der Waals surface area contributed by atoms with Crippen molar-refractivity contribution in [2.45, 2.75) is 32.7 Å². The van der Waals surface area contributed by atoms with Crippen LogP contribution in [0.1, 0.15) is 31.7 Å². The molecule has 2 heteroatoms. The molecule has 3 N–H and O–H groups in total.